The molecule has 22 heavy (non-hydrogen) atoms. The summed E-state index contributed by atoms with van der Waals surface area (Å²) in [7, 11) is 2.12. The summed E-state index contributed by atoms with van der Waals surface area (Å²) in [5.41, 5.74) is 6.70. The van der Waals surface area contributed by atoms with Crippen LogP contribution in [0.3, 0.4) is 0 Å². The number of nitrogens with one attached hydrogen (secondary N) is 1. The number of likely N-dealkylation sites (N-methyl/N-ethyl adjacent to an activating group) is 1. The third-order valence-electron chi connectivity index (χ3n) is 4.29. The van der Waals surface area contributed by atoms with Crippen LogP contribution in [0.1, 0.15) is 18.5 Å². The first-order valence-corrected chi connectivity index (χ1v) is 8.07. The Morgan fingerprint density at radius 1 is 1.23 bits per heavy atom. The molecule has 5 heteroatoms. The predicted octanol–water partition coefficient (Wildman–Crippen LogP) is 0.686. The second kappa shape index (κ2) is 8.27. The van der Waals surface area contributed by atoms with Crippen molar-refractivity contribution in [2.45, 2.75) is 13.0 Å². The molecular weight excluding hydrogens is 276 g/mol. The van der Waals surface area contributed by atoms with Crippen LogP contribution in [-0.4, -0.2) is 62.0 Å². The van der Waals surface area contributed by atoms with Crippen molar-refractivity contribution in [3.05, 3.63) is 35.9 Å². The van der Waals surface area contributed by atoms with E-state index in [0.29, 0.717) is 19.0 Å². The summed E-state index contributed by atoms with van der Waals surface area (Å²) >= 11 is 0. The highest BCUT2D eigenvalue weighted by Crippen LogP contribution is 2.22. The van der Waals surface area contributed by atoms with Gasteiger partial charge in [0.2, 0.25) is 5.91 Å². The highest BCUT2D eigenvalue weighted by Gasteiger charge is 2.29. The quantitative estimate of drug-likeness (QED) is 0.811. The van der Waals surface area contributed by atoms with Gasteiger partial charge in [0.1, 0.15) is 6.04 Å². The minimum absolute atomic E-state index is 0.0797. The van der Waals surface area contributed by atoms with E-state index in [1.807, 2.05) is 37.3 Å². The Morgan fingerprint density at radius 3 is 2.45 bits per heavy atom. The van der Waals surface area contributed by atoms with Crippen molar-refractivity contribution in [2.75, 3.05) is 46.3 Å². The zero-order valence-corrected chi connectivity index (χ0v) is 13.7. The van der Waals surface area contributed by atoms with E-state index in [1.165, 1.54) is 0 Å². The molecule has 0 spiro atoms. The van der Waals surface area contributed by atoms with Crippen molar-refractivity contribution < 1.29 is 4.79 Å². The van der Waals surface area contributed by atoms with Crippen molar-refractivity contribution in [1.29, 1.82) is 0 Å². The molecule has 1 aromatic rings. The smallest absolute Gasteiger partial charge is 0.241 e. The number of nitrogens with zero attached hydrogens (tertiary/aromatic N) is 2. The van der Waals surface area contributed by atoms with Crippen LogP contribution < -0.4 is 11.1 Å². The average molecular weight is 304 g/mol. The molecule has 0 saturated carbocycles. The molecule has 0 aliphatic carbocycles. The van der Waals surface area contributed by atoms with Crippen LogP contribution in [0.2, 0.25) is 0 Å². The van der Waals surface area contributed by atoms with Crippen LogP contribution in [0.15, 0.2) is 30.3 Å². The summed E-state index contributed by atoms with van der Waals surface area (Å²) in [6, 6.07) is 9.84. The molecule has 1 saturated heterocycles. The summed E-state index contributed by atoms with van der Waals surface area (Å²) in [5, 5.41) is 3.07. The fourth-order valence-electron chi connectivity index (χ4n) is 2.70. The van der Waals surface area contributed by atoms with Gasteiger partial charge in [-0.05, 0) is 25.1 Å². The number of piperazine rings is 1. The van der Waals surface area contributed by atoms with E-state index in [1.54, 1.807) is 0 Å². The SMILES string of the molecule is CC(CN)CNC(=O)C(c1ccccc1)N1CCN(C)CC1. The first-order valence-electron chi connectivity index (χ1n) is 8.07. The highest BCUT2D eigenvalue weighted by atomic mass is 16.2. The van der Waals surface area contributed by atoms with Gasteiger partial charge in [-0.25, -0.2) is 0 Å². The fraction of sp³-hybridized carbons (Fsp3) is 0.588. The van der Waals surface area contributed by atoms with Gasteiger partial charge in [-0.1, -0.05) is 37.3 Å². The van der Waals surface area contributed by atoms with Crippen LogP contribution in [0.4, 0.5) is 0 Å². The van der Waals surface area contributed by atoms with Gasteiger partial charge in [0.15, 0.2) is 0 Å². The lowest BCUT2D eigenvalue weighted by Gasteiger charge is -2.37. The second-order valence-corrected chi connectivity index (χ2v) is 6.24. The number of carbonyl (C=O) groups excluding carboxylic acids is 1. The Labute approximate surface area is 133 Å². The predicted molar refractivity (Wildman–Crippen MR) is 89.5 cm³/mol. The lowest BCUT2D eigenvalue weighted by Crippen LogP contribution is -2.50. The van der Waals surface area contributed by atoms with E-state index >= 15 is 0 Å². The number of benzene rings is 1. The monoisotopic (exact) mass is 304 g/mol. The topological polar surface area (TPSA) is 61.6 Å². The molecule has 2 rings (SSSR count). The molecule has 122 valence electrons. The van der Waals surface area contributed by atoms with Gasteiger partial charge >= 0.3 is 0 Å². The van der Waals surface area contributed by atoms with Crippen LogP contribution in [0.5, 0.6) is 0 Å². The maximum atomic E-state index is 12.7. The number of rotatable bonds is 6. The molecule has 1 aromatic carbocycles. The summed E-state index contributed by atoms with van der Waals surface area (Å²) in [6.07, 6.45) is 0. The van der Waals surface area contributed by atoms with Gasteiger partial charge in [0.25, 0.3) is 0 Å². The van der Waals surface area contributed by atoms with Crippen LogP contribution in [-0.2, 0) is 4.79 Å². The molecule has 1 aliphatic heterocycles. The third-order valence-corrected chi connectivity index (χ3v) is 4.29. The normalized spacial score (nSPS) is 19.6. The van der Waals surface area contributed by atoms with Crippen molar-refractivity contribution >= 4 is 5.91 Å². The molecule has 0 bridgehead atoms. The number of amides is 1. The van der Waals surface area contributed by atoms with E-state index in [0.717, 1.165) is 31.7 Å². The summed E-state index contributed by atoms with van der Waals surface area (Å²) in [5.74, 6) is 0.379. The Morgan fingerprint density at radius 2 is 1.86 bits per heavy atom. The second-order valence-electron chi connectivity index (χ2n) is 6.24. The molecular formula is C17H28N4O. The Hall–Kier alpha value is -1.43. The molecule has 0 radical (unpaired) electrons. The van der Waals surface area contributed by atoms with Crippen molar-refractivity contribution in [1.82, 2.24) is 15.1 Å². The van der Waals surface area contributed by atoms with Gasteiger partial charge in [0, 0.05) is 32.7 Å². The Balaban J connectivity index is 2.09. The minimum atomic E-state index is -0.208. The minimum Gasteiger partial charge on any atom is -0.354 e. The van der Waals surface area contributed by atoms with Gasteiger partial charge in [0.05, 0.1) is 0 Å². The van der Waals surface area contributed by atoms with E-state index in [-0.39, 0.29) is 11.9 Å². The van der Waals surface area contributed by atoms with Gasteiger partial charge in [-0.2, -0.15) is 0 Å². The van der Waals surface area contributed by atoms with Crippen molar-refractivity contribution in [3.8, 4) is 0 Å². The van der Waals surface area contributed by atoms with E-state index in [9.17, 15) is 4.79 Å². The number of nitrogens with two attached hydrogens (primary N) is 1. The van der Waals surface area contributed by atoms with E-state index in [4.69, 9.17) is 5.73 Å². The molecule has 1 fully saturated rings. The molecule has 5 nitrogen and oxygen atoms in total. The number of carbonyl (C=O) groups is 1. The van der Waals surface area contributed by atoms with E-state index < -0.39 is 0 Å². The lowest BCUT2D eigenvalue weighted by molar-refractivity contribution is -0.127. The molecule has 2 unspecified atom stereocenters. The van der Waals surface area contributed by atoms with Crippen molar-refractivity contribution in [3.63, 3.8) is 0 Å². The van der Waals surface area contributed by atoms with Crippen LogP contribution in [0, 0.1) is 5.92 Å². The molecule has 2 atom stereocenters. The molecule has 1 amide bonds. The van der Waals surface area contributed by atoms with Crippen LogP contribution in [0.25, 0.3) is 0 Å². The lowest BCUT2D eigenvalue weighted by atomic mass is 10.0. The van der Waals surface area contributed by atoms with E-state index in [2.05, 4.69) is 22.2 Å². The van der Waals surface area contributed by atoms with Crippen LogP contribution >= 0.6 is 0 Å². The summed E-state index contributed by atoms with van der Waals surface area (Å²) in [4.78, 5) is 17.3. The van der Waals surface area contributed by atoms with Gasteiger partial charge < -0.3 is 16.0 Å². The molecule has 1 aliphatic rings. The summed E-state index contributed by atoms with van der Waals surface area (Å²) < 4.78 is 0. The average Bonchev–Trinajstić information content (AvgIpc) is 2.55. The van der Waals surface area contributed by atoms with Crippen molar-refractivity contribution in [2.24, 2.45) is 11.7 Å². The third kappa shape index (κ3) is 4.53. The highest BCUT2D eigenvalue weighted by molar-refractivity contribution is 5.83. The first-order chi connectivity index (χ1) is 10.6. The zero-order valence-electron chi connectivity index (χ0n) is 13.7. The summed E-state index contributed by atoms with van der Waals surface area (Å²) in [6.45, 7) is 7.09. The van der Waals surface area contributed by atoms with Gasteiger partial charge in [-0.15, -0.1) is 0 Å². The number of hydrogen-bond donors (Lipinski definition) is 2. The Kier molecular flexibility index (Phi) is 6.36. The maximum absolute atomic E-state index is 12.7. The fourth-order valence-corrected chi connectivity index (χ4v) is 2.70. The molecule has 1 heterocycles. The largest absolute Gasteiger partial charge is 0.354 e. The maximum Gasteiger partial charge on any atom is 0.241 e. The standard InChI is InChI=1S/C17H28N4O/c1-14(12-18)13-19-17(22)16(15-6-4-3-5-7-15)21-10-8-20(2)9-11-21/h3-7,14,16H,8-13,18H2,1-2H3,(H,19,22). The van der Waals surface area contributed by atoms with Gasteiger partial charge in [-0.3, -0.25) is 9.69 Å². The Bertz CT molecular complexity index is 457. The number of hydrogen-bond acceptors (Lipinski definition) is 4. The molecule has 0 aromatic heterocycles. The molecule has 3 N–H and O–H groups in total. The first kappa shape index (κ1) is 16.9. The zero-order chi connectivity index (χ0) is 15.9.